The number of rotatable bonds is 4. The van der Waals surface area contributed by atoms with Gasteiger partial charge in [0.25, 0.3) is 12.5 Å². The van der Waals surface area contributed by atoms with Crippen LogP contribution < -0.4 is 10.1 Å². The van der Waals surface area contributed by atoms with Crippen molar-refractivity contribution >= 4 is 11.6 Å². The summed E-state index contributed by atoms with van der Waals surface area (Å²) in [4.78, 5) is 20.5. The van der Waals surface area contributed by atoms with Gasteiger partial charge in [0.15, 0.2) is 0 Å². The molecular weight excluding hydrogens is 200 g/mol. The molecule has 80 valence electrons. The molecule has 0 aliphatic heterocycles. The maximum atomic E-state index is 11.1. The van der Waals surface area contributed by atoms with Gasteiger partial charge in [-0.3, -0.25) is 14.9 Å². The first-order valence-corrected chi connectivity index (χ1v) is 4.18. The first-order valence-electron chi connectivity index (χ1n) is 4.18. The van der Waals surface area contributed by atoms with Crippen LogP contribution in [0.5, 0.6) is 5.75 Å². The topological polar surface area (TPSA) is 81.5 Å². The van der Waals surface area contributed by atoms with Gasteiger partial charge in [-0.25, -0.2) is 0 Å². The summed E-state index contributed by atoms with van der Waals surface area (Å²) in [6.45, 7) is -0.752. The third-order valence-corrected chi connectivity index (χ3v) is 1.65. The molecule has 0 aromatic heterocycles. The summed E-state index contributed by atoms with van der Waals surface area (Å²) in [5.74, 6) is -0.210. The van der Waals surface area contributed by atoms with Crippen LogP contribution in [0.4, 0.5) is 5.69 Å². The standard InChI is InChI=1S/C9H10N2O4/c1-15-8-5-3-2-4-7(8)10-9(12)6-11(13)14/h2-5H,6H2,1H3,(H,10,12). The van der Waals surface area contributed by atoms with E-state index in [1.165, 1.54) is 7.11 Å². The van der Waals surface area contributed by atoms with E-state index in [2.05, 4.69) is 5.32 Å². The summed E-state index contributed by atoms with van der Waals surface area (Å²) in [6, 6.07) is 6.70. The van der Waals surface area contributed by atoms with Crippen LogP contribution in [-0.4, -0.2) is 24.5 Å². The summed E-state index contributed by atoms with van der Waals surface area (Å²) in [6.07, 6.45) is 0. The smallest absolute Gasteiger partial charge is 0.296 e. The van der Waals surface area contributed by atoms with E-state index in [1.54, 1.807) is 24.3 Å². The molecule has 0 saturated carbocycles. The maximum Gasteiger partial charge on any atom is 0.296 e. The zero-order chi connectivity index (χ0) is 11.3. The lowest BCUT2D eigenvalue weighted by Crippen LogP contribution is -2.21. The van der Waals surface area contributed by atoms with Crippen LogP contribution in [0.2, 0.25) is 0 Å². The molecule has 0 bridgehead atoms. The van der Waals surface area contributed by atoms with Crippen molar-refractivity contribution in [1.82, 2.24) is 0 Å². The number of para-hydroxylation sites is 2. The average molecular weight is 210 g/mol. The van der Waals surface area contributed by atoms with Crippen molar-refractivity contribution in [1.29, 1.82) is 0 Å². The zero-order valence-electron chi connectivity index (χ0n) is 8.10. The van der Waals surface area contributed by atoms with Crippen molar-refractivity contribution in [2.24, 2.45) is 0 Å². The van der Waals surface area contributed by atoms with Crippen molar-refractivity contribution in [3.05, 3.63) is 34.4 Å². The number of nitrogens with one attached hydrogen (secondary N) is 1. The molecule has 1 aromatic rings. The quantitative estimate of drug-likeness (QED) is 0.591. The predicted octanol–water partition coefficient (Wildman–Crippen LogP) is 0.910. The number of benzene rings is 1. The number of hydrogen-bond acceptors (Lipinski definition) is 4. The molecule has 6 nitrogen and oxygen atoms in total. The summed E-state index contributed by atoms with van der Waals surface area (Å²) in [5, 5.41) is 12.5. The number of amides is 1. The van der Waals surface area contributed by atoms with Crippen molar-refractivity contribution in [2.75, 3.05) is 19.0 Å². The zero-order valence-corrected chi connectivity index (χ0v) is 8.10. The van der Waals surface area contributed by atoms with Crippen molar-refractivity contribution in [2.45, 2.75) is 0 Å². The number of nitro groups is 1. The third kappa shape index (κ3) is 3.26. The number of anilines is 1. The van der Waals surface area contributed by atoms with Gasteiger partial charge in [0.2, 0.25) is 0 Å². The van der Waals surface area contributed by atoms with Gasteiger partial charge >= 0.3 is 0 Å². The fourth-order valence-corrected chi connectivity index (χ4v) is 1.05. The van der Waals surface area contributed by atoms with Crippen LogP contribution in [0.25, 0.3) is 0 Å². The van der Waals surface area contributed by atoms with Gasteiger partial charge in [-0.2, -0.15) is 0 Å². The Morgan fingerprint density at radius 2 is 2.20 bits per heavy atom. The number of hydrogen-bond donors (Lipinski definition) is 1. The fraction of sp³-hybridized carbons (Fsp3) is 0.222. The second kappa shape index (κ2) is 4.94. The van der Waals surface area contributed by atoms with E-state index in [1.807, 2.05) is 0 Å². The number of ether oxygens (including phenoxy) is 1. The predicted molar refractivity (Wildman–Crippen MR) is 53.5 cm³/mol. The molecule has 0 unspecified atom stereocenters. The first-order chi connectivity index (χ1) is 7.13. The highest BCUT2D eigenvalue weighted by Crippen LogP contribution is 2.22. The highest BCUT2D eigenvalue weighted by Gasteiger charge is 2.11. The van der Waals surface area contributed by atoms with Gasteiger partial charge in [-0.15, -0.1) is 0 Å². The lowest BCUT2D eigenvalue weighted by molar-refractivity contribution is -0.467. The van der Waals surface area contributed by atoms with Crippen molar-refractivity contribution in [3.8, 4) is 5.75 Å². The van der Waals surface area contributed by atoms with Crippen LogP contribution in [0.3, 0.4) is 0 Å². The second-order valence-electron chi connectivity index (χ2n) is 2.74. The van der Waals surface area contributed by atoms with Gasteiger partial charge in [0.05, 0.1) is 12.8 Å². The monoisotopic (exact) mass is 210 g/mol. The first kappa shape index (κ1) is 11.0. The van der Waals surface area contributed by atoms with E-state index < -0.39 is 17.4 Å². The van der Waals surface area contributed by atoms with Gasteiger partial charge in [0.1, 0.15) is 5.75 Å². The minimum atomic E-state index is -0.752. The number of nitrogens with zero attached hydrogens (tertiary/aromatic N) is 1. The molecule has 15 heavy (non-hydrogen) atoms. The van der Waals surface area contributed by atoms with Gasteiger partial charge in [-0.05, 0) is 12.1 Å². The Morgan fingerprint density at radius 3 is 2.80 bits per heavy atom. The molecule has 0 atom stereocenters. The van der Waals surface area contributed by atoms with E-state index in [0.717, 1.165) is 0 Å². The molecule has 6 heteroatoms. The van der Waals surface area contributed by atoms with Crippen molar-refractivity contribution in [3.63, 3.8) is 0 Å². The number of carbonyl (C=O) groups is 1. The summed E-state index contributed by atoms with van der Waals surface area (Å²) in [7, 11) is 1.46. The van der Waals surface area contributed by atoms with E-state index in [0.29, 0.717) is 11.4 Å². The van der Waals surface area contributed by atoms with Crippen LogP contribution in [0.1, 0.15) is 0 Å². The summed E-state index contributed by atoms with van der Waals surface area (Å²) in [5.41, 5.74) is 0.423. The molecule has 1 amide bonds. The van der Waals surface area contributed by atoms with E-state index in [-0.39, 0.29) is 0 Å². The second-order valence-corrected chi connectivity index (χ2v) is 2.74. The molecular formula is C9H10N2O4. The van der Waals surface area contributed by atoms with Crippen LogP contribution >= 0.6 is 0 Å². The minimum absolute atomic E-state index is 0.423. The lowest BCUT2D eigenvalue weighted by atomic mass is 10.3. The molecule has 0 spiro atoms. The maximum absolute atomic E-state index is 11.1. The minimum Gasteiger partial charge on any atom is -0.495 e. The van der Waals surface area contributed by atoms with E-state index in [9.17, 15) is 14.9 Å². The third-order valence-electron chi connectivity index (χ3n) is 1.65. The van der Waals surface area contributed by atoms with Gasteiger partial charge < -0.3 is 10.1 Å². The Morgan fingerprint density at radius 1 is 1.53 bits per heavy atom. The molecule has 0 fully saturated rings. The Balaban J connectivity index is 2.71. The molecule has 0 aliphatic carbocycles. The summed E-state index contributed by atoms with van der Waals surface area (Å²) >= 11 is 0. The molecule has 0 aliphatic rings. The average Bonchev–Trinajstić information content (AvgIpc) is 2.17. The Hall–Kier alpha value is -2.11. The molecule has 1 aromatic carbocycles. The largest absolute Gasteiger partial charge is 0.495 e. The number of methoxy groups -OCH3 is 1. The van der Waals surface area contributed by atoms with E-state index in [4.69, 9.17) is 4.74 Å². The lowest BCUT2D eigenvalue weighted by Gasteiger charge is -2.07. The molecule has 1 rings (SSSR count). The Kier molecular flexibility index (Phi) is 3.61. The Bertz CT molecular complexity index is 378. The normalized spacial score (nSPS) is 9.40. The van der Waals surface area contributed by atoms with Crippen molar-refractivity contribution < 1.29 is 14.5 Å². The van der Waals surface area contributed by atoms with E-state index >= 15 is 0 Å². The summed E-state index contributed by atoms with van der Waals surface area (Å²) < 4.78 is 4.97. The highest BCUT2D eigenvalue weighted by atomic mass is 16.6. The molecule has 0 radical (unpaired) electrons. The van der Waals surface area contributed by atoms with Crippen LogP contribution in [0.15, 0.2) is 24.3 Å². The molecule has 0 saturated heterocycles. The van der Waals surface area contributed by atoms with Crippen LogP contribution in [0, 0.1) is 10.1 Å². The van der Waals surface area contributed by atoms with Crippen LogP contribution in [-0.2, 0) is 4.79 Å². The SMILES string of the molecule is COc1ccccc1NC(=O)C[N+](=O)[O-]. The van der Waals surface area contributed by atoms with Gasteiger partial charge in [0, 0.05) is 4.92 Å². The highest BCUT2D eigenvalue weighted by molar-refractivity contribution is 5.92. The molecule has 1 N–H and O–H groups in total. The van der Waals surface area contributed by atoms with Gasteiger partial charge in [-0.1, -0.05) is 12.1 Å². The Labute approximate surface area is 86.0 Å². The molecule has 0 heterocycles. The number of carbonyl (C=O) groups excluding carboxylic acids is 1. The fourth-order valence-electron chi connectivity index (χ4n) is 1.05.